The van der Waals surface area contributed by atoms with Crippen LogP contribution in [-0.4, -0.2) is 60.1 Å². The van der Waals surface area contributed by atoms with Crippen LogP contribution in [0.1, 0.15) is 45.1 Å². The van der Waals surface area contributed by atoms with Crippen molar-refractivity contribution in [2.24, 2.45) is 11.8 Å². The first kappa shape index (κ1) is 18.9. The third kappa shape index (κ3) is 4.55. The van der Waals surface area contributed by atoms with Gasteiger partial charge >= 0.3 is 0 Å². The maximum absolute atomic E-state index is 12.7. The molecule has 0 N–H and O–H groups in total. The molecule has 0 bridgehead atoms. The van der Waals surface area contributed by atoms with Crippen molar-refractivity contribution in [3.05, 3.63) is 35.9 Å². The van der Waals surface area contributed by atoms with Crippen LogP contribution in [0.5, 0.6) is 0 Å². The first-order chi connectivity index (χ1) is 13.0. The van der Waals surface area contributed by atoms with Gasteiger partial charge in [-0.05, 0) is 43.6 Å². The molecular weight excluding hydrogens is 336 g/mol. The molecule has 4 rings (SSSR count). The van der Waals surface area contributed by atoms with E-state index in [1.165, 1.54) is 5.56 Å². The number of morpholine rings is 1. The van der Waals surface area contributed by atoms with Crippen LogP contribution < -0.4 is 0 Å². The molecule has 4 heteroatoms. The van der Waals surface area contributed by atoms with Crippen LogP contribution in [0, 0.1) is 11.8 Å². The van der Waals surface area contributed by atoms with Crippen molar-refractivity contribution in [2.45, 2.75) is 57.7 Å². The van der Waals surface area contributed by atoms with E-state index in [0.29, 0.717) is 17.7 Å². The lowest BCUT2D eigenvalue weighted by Crippen LogP contribution is -2.61. The highest BCUT2D eigenvalue weighted by Gasteiger charge is 2.46. The SMILES string of the molecule is CC(C)C1CN(C(=O)C2CC2)CC2(CCN(CCc3ccccc3)CC2)O1. The number of benzene rings is 1. The molecule has 148 valence electrons. The third-order valence-electron chi connectivity index (χ3n) is 6.59. The molecular formula is C23H34N2O2. The van der Waals surface area contributed by atoms with E-state index in [2.05, 4.69) is 54.0 Å². The van der Waals surface area contributed by atoms with Gasteiger partial charge in [0.15, 0.2) is 0 Å². The lowest BCUT2D eigenvalue weighted by molar-refractivity contribution is -0.193. The Morgan fingerprint density at radius 1 is 1.19 bits per heavy atom. The van der Waals surface area contributed by atoms with Gasteiger partial charge in [-0.2, -0.15) is 0 Å². The van der Waals surface area contributed by atoms with Crippen molar-refractivity contribution in [3.8, 4) is 0 Å². The lowest BCUT2D eigenvalue weighted by atomic mass is 9.87. The molecule has 1 saturated carbocycles. The molecule has 2 heterocycles. The fourth-order valence-corrected chi connectivity index (χ4v) is 4.52. The zero-order valence-electron chi connectivity index (χ0n) is 16.9. The van der Waals surface area contributed by atoms with E-state index in [0.717, 1.165) is 64.8 Å². The Bertz CT molecular complexity index is 633. The zero-order chi connectivity index (χ0) is 18.9. The minimum Gasteiger partial charge on any atom is -0.368 e. The molecule has 0 radical (unpaired) electrons. The smallest absolute Gasteiger partial charge is 0.225 e. The Balaban J connectivity index is 1.35. The number of nitrogens with zero attached hydrogens (tertiary/aromatic N) is 2. The van der Waals surface area contributed by atoms with Gasteiger partial charge in [0.05, 0.1) is 11.7 Å². The second-order valence-corrected chi connectivity index (χ2v) is 9.15. The summed E-state index contributed by atoms with van der Waals surface area (Å²) in [5, 5.41) is 0. The maximum atomic E-state index is 12.7. The summed E-state index contributed by atoms with van der Waals surface area (Å²) in [4.78, 5) is 17.4. The maximum Gasteiger partial charge on any atom is 0.225 e. The van der Waals surface area contributed by atoms with Crippen LogP contribution in [0.15, 0.2) is 30.3 Å². The van der Waals surface area contributed by atoms with Crippen LogP contribution >= 0.6 is 0 Å². The van der Waals surface area contributed by atoms with E-state index in [1.807, 2.05) is 0 Å². The molecule has 2 aliphatic heterocycles. The summed E-state index contributed by atoms with van der Waals surface area (Å²) in [6.07, 6.45) is 5.54. The molecule has 1 atom stereocenters. The average molecular weight is 371 g/mol. The number of amides is 1. The van der Waals surface area contributed by atoms with Gasteiger partial charge in [0.1, 0.15) is 0 Å². The molecule has 1 unspecified atom stereocenters. The number of ether oxygens (including phenoxy) is 1. The van der Waals surface area contributed by atoms with Gasteiger partial charge in [-0.25, -0.2) is 0 Å². The number of carbonyl (C=O) groups excluding carboxylic acids is 1. The van der Waals surface area contributed by atoms with E-state index in [4.69, 9.17) is 4.74 Å². The molecule has 1 spiro atoms. The molecule has 3 aliphatic rings. The van der Waals surface area contributed by atoms with Crippen molar-refractivity contribution in [3.63, 3.8) is 0 Å². The Morgan fingerprint density at radius 2 is 1.89 bits per heavy atom. The van der Waals surface area contributed by atoms with E-state index in [-0.39, 0.29) is 11.7 Å². The number of rotatable bonds is 5. The summed E-state index contributed by atoms with van der Waals surface area (Å²) >= 11 is 0. The summed E-state index contributed by atoms with van der Waals surface area (Å²) in [5.74, 6) is 1.14. The fourth-order valence-electron chi connectivity index (χ4n) is 4.52. The fraction of sp³-hybridized carbons (Fsp3) is 0.696. The summed E-state index contributed by atoms with van der Waals surface area (Å²) in [6.45, 7) is 9.28. The van der Waals surface area contributed by atoms with Crippen molar-refractivity contribution in [1.29, 1.82) is 0 Å². The normalized spacial score (nSPS) is 25.9. The molecule has 2 saturated heterocycles. The molecule has 1 aliphatic carbocycles. The highest BCUT2D eigenvalue weighted by Crippen LogP contribution is 2.37. The monoisotopic (exact) mass is 370 g/mol. The van der Waals surface area contributed by atoms with Gasteiger partial charge in [-0.15, -0.1) is 0 Å². The van der Waals surface area contributed by atoms with Crippen molar-refractivity contribution in [2.75, 3.05) is 32.7 Å². The Kier molecular flexibility index (Phi) is 5.56. The van der Waals surface area contributed by atoms with Crippen LogP contribution in [-0.2, 0) is 16.0 Å². The predicted octanol–water partition coefficient (Wildman–Crippen LogP) is 3.36. The predicted molar refractivity (Wildman–Crippen MR) is 108 cm³/mol. The van der Waals surface area contributed by atoms with Gasteiger partial charge in [0, 0.05) is 38.6 Å². The van der Waals surface area contributed by atoms with Gasteiger partial charge < -0.3 is 14.5 Å². The lowest BCUT2D eigenvalue weighted by Gasteiger charge is -2.51. The molecule has 1 aromatic rings. The number of piperidine rings is 1. The largest absolute Gasteiger partial charge is 0.368 e. The number of likely N-dealkylation sites (tertiary alicyclic amines) is 1. The topological polar surface area (TPSA) is 32.8 Å². The molecule has 27 heavy (non-hydrogen) atoms. The van der Waals surface area contributed by atoms with Crippen molar-refractivity contribution < 1.29 is 9.53 Å². The van der Waals surface area contributed by atoms with Gasteiger partial charge in [-0.3, -0.25) is 4.79 Å². The van der Waals surface area contributed by atoms with Gasteiger partial charge in [0.25, 0.3) is 0 Å². The molecule has 4 nitrogen and oxygen atoms in total. The molecule has 0 aromatic heterocycles. The highest BCUT2D eigenvalue weighted by atomic mass is 16.5. The summed E-state index contributed by atoms with van der Waals surface area (Å²) in [7, 11) is 0. The average Bonchev–Trinajstić information content (AvgIpc) is 3.53. The third-order valence-corrected chi connectivity index (χ3v) is 6.59. The van der Waals surface area contributed by atoms with E-state index in [1.54, 1.807) is 0 Å². The Hall–Kier alpha value is -1.39. The van der Waals surface area contributed by atoms with Crippen molar-refractivity contribution >= 4 is 5.91 Å². The van der Waals surface area contributed by atoms with Crippen LogP contribution in [0.2, 0.25) is 0 Å². The highest BCUT2D eigenvalue weighted by molar-refractivity contribution is 5.81. The molecule has 1 aromatic carbocycles. The number of carbonyl (C=O) groups is 1. The zero-order valence-corrected chi connectivity index (χ0v) is 16.9. The number of hydrogen-bond donors (Lipinski definition) is 0. The van der Waals surface area contributed by atoms with Gasteiger partial charge in [0.2, 0.25) is 5.91 Å². The quantitative estimate of drug-likeness (QED) is 0.797. The first-order valence-corrected chi connectivity index (χ1v) is 10.8. The van der Waals surface area contributed by atoms with Crippen molar-refractivity contribution in [1.82, 2.24) is 9.80 Å². The van der Waals surface area contributed by atoms with Gasteiger partial charge in [-0.1, -0.05) is 44.2 Å². The second-order valence-electron chi connectivity index (χ2n) is 9.15. The summed E-state index contributed by atoms with van der Waals surface area (Å²) in [5.41, 5.74) is 1.29. The Morgan fingerprint density at radius 3 is 2.52 bits per heavy atom. The Labute approximate surface area is 163 Å². The van der Waals surface area contributed by atoms with E-state index >= 15 is 0 Å². The van der Waals surface area contributed by atoms with Crippen LogP contribution in [0.4, 0.5) is 0 Å². The molecule has 1 amide bonds. The standard InChI is InChI=1S/C23H34N2O2/c1-18(2)21-16-25(22(26)20-8-9-20)17-23(27-21)11-14-24(15-12-23)13-10-19-6-4-3-5-7-19/h3-7,18,20-21H,8-17H2,1-2H3. The minimum absolute atomic E-state index is 0.124. The van der Waals surface area contributed by atoms with E-state index in [9.17, 15) is 4.79 Å². The summed E-state index contributed by atoms with van der Waals surface area (Å²) < 4.78 is 6.65. The number of hydrogen-bond acceptors (Lipinski definition) is 3. The first-order valence-electron chi connectivity index (χ1n) is 10.8. The summed E-state index contributed by atoms with van der Waals surface area (Å²) in [6, 6.07) is 10.7. The second kappa shape index (κ2) is 7.92. The molecule has 3 fully saturated rings. The van der Waals surface area contributed by atoms with E-state index < -0.39 is 0 Å². The minimum atomic E-state index is -0.124. The van der Waals surface area contributed by atoms with Crippen LogP contribution in [0.25, 0.3) is 0 Å². The van der Waals surface area contributed by atoms with Crippen LogP contribution in [0.3, 0.4) is 0 Å².